The maximum absolute atomic E-state index is 12.5. The first kappa shape index (κ1) is 15.8. The zero-order valence-electron chi connectivity index (χ0n) is 12.5. The van der Waals surface area contributed by atoms with Gasteiger partial charge in [0.25, 0.3) is 5.91 Å². The summed E-state index contributed by atoms with van der Waals surface area (Å²) in [7, 11) is 0. The molecular weight excluding hydrogens is 332 g/mol. The van der Waals surface area contributed by atoms with Gasteiger partial charge in [0, 0.05) is 5.02 Å². The SMILES string of the molecule is CCCOc1ccccc1C(=O)Nc1nc2ccc(Cl)cc2s1. The number of para-hydroxylation sites is 1. The first-order valence-electron chi connectivity index (χ1n) is 7.26. The van der Waals surface area contributed by atoms with Crippen LogP contribution in [0.25, 0.3) is 10.2 Å². The van der Waals surface area contributed by atoms with Crippen LogP contribution in [0.4, 0.5) is 5.13 Å². The van der Waals surface area contributed by atoms with Crippen molar-refractivity contribution in [3.8, 4) is 5.75 Å². The highest BCUT2D eigenvalue weighted by Crippen LogP contribution is 2.29. The van der Waals surface area contributed by atoms with Crippen LogP contribution >= 0.6 is 22.9 Å². The van der Waals surface area contributed by atoms with Crippen molar-refractivity contribution >= 4 is 44.2 Å². The van der Waals surface area contributed by atoms with Crippen molar-refractivity contribution in [2.45, 2.75) is 13.3 Å². The molecule has 0 aliphatic carbocycles. The predicted molar refractivity (Wildman–Crippen MR) is 94.8 cm³/mol. The van der Waals surface area contributed by atoms with Crippen LogP contribution in [0.5, 0.6) is 5.75 Å². The number of hydrogen-bond donors (Lipinski definition) is 1. The van der Waals surface area contributed by atoms with Crippen LogP contribution < -0.4 is 10.1 Å². The third-order valence-corrected chi connectivity index (χ3v) is 4.33. The highest BCUT2D eigenvalue weighted by molar-refractivity contribution is 7.22. The standard InChI is InChI=1S/C17H15ClN2O2S/c1-2-9-22-14-6-4-3-5-12(14)16(21)20-17-19-13-8-7-11(18)10-15(13)23-17/h3-8,10H,2,9H2,1H3,(H,19,20,21). The molecule has 118 valence electrons. The van der Waals surface area contributed by atoms with Crippen LogP contribution in [-0.2, 0) is 0 Å². The second-order valence-electron chi connectivity index (χ2n) is 4.93. The molecule has 23 heavy (non-hydrogen) atoms. The van der Waals surface area contributed by atoms with Gasteiger partial charge in [-0.2, -0.15) is 0 Å². The Morgan fingerprint density at radius 1 is 1.30 bits per heavy atom. The molecule has 4 nitrogen and oxygen atoms in total. The Hall–Kier alpha value is -2.11. The minimum absolute atomic E-state index is 0.234. The van der Waals surface area contributed by atoms with Gasteiger partial charge < -0.3 is 4.74 Å². The van der Waals surface area contributed by atoms with E-state index >= 15 is 0 Å². The topological polar surface area (TPSA) is 51.2 Å². The van der Waals surface area contributed by atoms with Gasteiger partial charge in [0.1, 0.15) is 5.75 Å². The average molecular weight is 347 g/mol. The molecule has 6 heteroatoms. The van der Waals surface area contributed by atoms with Gasteiger partial charge in [-0.05, 0) is 36.8 Å². The summed E-state index contributed by atoms with van der Waals surface area (Å²) in [6, 6.07) is 12.6. The summed E-state index contributed by atoms with van der Waals surface area (Å²) in [4.78, 5) is 16.9. The molecular formula is C17H15ClN2O2S. The lowest BCUT2D eigenvalue weighted by Crippen LogP contribution is -2.13. The van der Waals surface area contributed by atoms with E-state index in [1.54, 1.807) is 18.2 Å². The lowest BCUT2D eigenvalue weighted by Gasteiger charge is -2.09. The summed E-state index contributed by atoms with van der Waals surface area (Å²) in [5.41, 5.74) is 1.31. The number of ether oxygens (including phenoxy) is 1. The molecule has 0 unspecified atom stereocenters. The quantitative estimate of drug-likeness (QED) is 0.708. The first-order chi connectivity index (χ1) is 11.2. The monoisotopic (exact) mass is 346 g/mol. The number of rotatable bonds is 5. The molecule has 2 aromatic carbocycles. The van der Waals surface area contributed by atoms with Crippen molar-refractivity contribution in [1.29, 1.82) is 0 Å². The molecule has 0 fully saturated rings. The van der Waals surface area contributed by atoms with Crippen LogP contribution in [0.2, 0.25) is 5.02 Å². The van der Waals surface area contributed by atoms with Crippen LogP contribution in [-0.4, -0.2) is 17.5 Å². The van der Waals surface area contributed by atoms with Crippen LogP contribution in [0, 0.1) is 0 Å². The van der Waals surface area contributed by atoms with Gasteiger partial charge in [-0.15, -0.1) is 0 Å². The predicted octanol–water partition coefficient (Wildman–Crippen LogP) is 4.99. The third-order valence-electron chi connectivity index (χ3n) is 3.16. The first-order valence-corrected chi connectivity index (χ1v) is 8.46. The van der Waals surface area contributed by atoms with Crippen LogP contribution in [0.1, 0.15) is 23.7 Å². The maximum Gasteiger partial charge on any atom is 0.261 e. The Morgan fingerprint density at radius 2 is 2.13 bits per heavy atom. The fraction of sp³-hybridized carbons (Fsp3) is 0.176. The molecule has 1 aromatic heterocycles. The highest BCUT2D eigenvalue weighted by atomic mass is 35.5. The lowest BCUT2D eigenvalue weighted by atomic mass is 10.2. The van der Waals surface area contributed by atoms with Gasteiger partial charge in [-0.25, -0.2) is 4.98 Å². The number of aromatic nitrogens is 1. The maximum atomic E-state index is 12.5. The van der Waals surface area contributed by atoms with Crippen molar-refractivity contribution < 1.29 is 9.53 Å². The van der Waals surface area contributed by atoms with Gasteiger partial charge in [0.2, 0.25) is 0 Å². The van der Waals surface area contributed by atoms with Crippen LogP contribution in [0.3, 0.4) is 0 Å². The normalized spacial score (nSPS) is 10.7. The fourth-order valence-electron chi connectivity index (χ4n) is 2.11. The molecule has 0 aliphatic rings. The van der Waals surface area contributed by atoms with Gasteiger partial charge in [-0.1, -0.05) is 42.0 Å². The molecule has 0 spiro atoms. The van der Waals surface area contributed by atoms with E-state index in [0.717, 1.165) is 16.6 Å². The number of halogens is 1. The molecule has 0 saturated carbocycles. The largest absolute Gasteiger partial charge is 0.493 e. The van der Waals surface area contributed by atoms with Crippen molar-refractivity contribution in [2.24, 2.45) is 0 Å². The summed E-state index contributed by atoms with van der Waals surface area (Å²) < 4.78 is 6.56. The van der Waals surface area contributed by atoms with Crippen molar-refractivity contribution in [1.82, 2.24) is 4.98 Å². The minimum atomic E-state index is -0.234. The molecule has 1 N–H and O–H groups in total. The van der Waals surface area contributed by atoms with Gasteiger partial charge in [-0.3, -0.25) is 10.1 Å². The minimum Gasteiger partial charge on any atom is -0.493 e. The molecule has 0 radical (unpaired) electrons. The second kappa shape index (κ2) is 6.98. The Balaban J connectivity index is 1.83. The smallest absolute Gasteiger partial charge is 0.261 e. The van der Waals surface area contributed by atoms with E-state index in [-0.39, 0.29) is 5.91 Å². The summed E-state index contributed by atoms with van der Waals surface area (Å²) in [6.07, 6.45) is 0.884. The number of nitrogens with zero attached hydrogens (tertiary/aromatic N) is 1. The molecule has 0 aliphatic heterocycles. The summed E-state index contributed by atoms with van der Waals surface area (Å²) in [5, 5.41) is 4.02. The number of hydrogen-bond acceptors (Lipinski definition) is 4. The molecule has 0 atom stereocenters. The number of benzene rings is 2. The summed E-state index contributed by atoms with van der Waals surface area (Å²) in [6.45, 7) is 2.60. The second-order valence-corrected chi connectivity index (χ2v) is 6.40. The molecule has 1 heterocycles. The van der Waals surface area contributed by atoms with Crippen molar-refractivity contribution in [3.63, 3.8) is 0 Å². The van der Waals surface area contributed by atoms with E-state index in [2.05, 4.69) is 10.3 Å². The summed E-state index contributed by atoms with van der Waals surface area (Å²) in [5.74, 6) is 0.345. The van der Waals surface area contributed by atoms with E-state index in [1.807, 2.05) is 31.2 Å². The Kier molecular flexibility index (Phi) is 4.79. The van der Waals surface area contributed by atoms with Crippen molar-refractivity contribution in [2.75, 3.05) is 11.9 Å². The van der Waals surface area contributed by atoms with Gasteiger partial charge in [0.05, 0.1) is 22.4 Å². The molecule has 3 rings (SSSR count). The van der Waals surface area contributed by atoms with Gasteiger partial charge in [0.15, 0.2) is 5.13 Å². The van der Waals surface area contributed by atoms with E-state index in [9.17, 15) is 4.79 Å². The van der Waals surface area contributed by atoms with Crippen molar-refractivity contribution in [3.05, 3.63) is 53.1 Å². The molecule has 1 amide bonds. The fourth-order valence-corrected chi connectivity index (χ4v) is 3.25. The number of anilines is 1. The van der Waals surface area contributed by atoms with E-state index in [4.69, 9.17) is 16.3 Å². The molecule has 3 aromatic rings. The Morgan fingerprint density at radius 3 is 2.96 bits per heavy atom. The highest BCUT2D eigenvalue weighted by Gasteiger charge is 2.14. The number of fused-ring (bicyclic) bond motifs is 1. The van der Waals surface area contributed by atoms with Gasteiger partial charge >= 0.3 is 0 Å². The number of thiazole rings is 1. The zero-order valence-corrected chi connectivity index (χ0v) is 14.1. The number of amides is 1. The van der Waals surface area contributed by atoms with Crippen LogP contribution in [0.15, 0.2) is 42.5 Å². The number of carbonyl (C=O) groups is 1. The van der Waals surface area contributed by atoms with E-state index in [0.29, 0.717) is 28.1 Å². The average Bonchev–Trinajstić information content (AvgIpc) is 2.94. The summed E-state index contributed by atoms with van der Waals surface area (Å²) >= 11 is 7.36. The Bertz CT molecular complexity index is 847. The third kappa shape index (κ3) is 3.63. The molecule has 0 bridgehead atoms. The lowest BCUT2D eigenvalue weighted by molar-refractivity contribution is 0.102. The van der Waals surface area contributed by atoms with E-state index < -0.39 is 0 Å². The zero-order chi connectivity index (χ0) is 16.2. The van der Waals surface area contributed by atoms with E-state index in [1.165, 1.54) is 11.3 Å². The Labute approximate surface area is 143 Å². The number of nitrogens with one attached hydrogen (secondary N) is 1. The number of carbonyl (C=O) groups excluding carboxylic acids is 1. The molecule has 0 saturated heterocycles.